The second kappa shape index (κ2) is 11.5. The van der Waals surface area contributed by atoms with Crippen molar-refractivity contribution in [2.75, 3.05) is 24.5 Å². The quantitative estimate of drug-likeness (QED) is 0.328. The molecule has 3 heterocycles. The Kier molecular flexibility index (Phi) is 9.32. The van der Waals surface area contributed by atoms with Gasteiger partial charge in [0, 0.05) is 50.2 Å². The fourth-order valence-corrected chi connectivity index (χ4v) is 3.92. The Morgan fingerprint density at radius 2 is 2.10 bits per heavy atom. The monoisotopic (exact) mass is 529 g/mol. The summed E-state index contributed by atoms with van der Waals surface area (Å²) in [6, 6.07) is 3.27. The molecule has 2 N–H and O–H groups in total. The van der Waals surface area contributed by atoms with Gasteiger partial charge in [0.1, 0.15) is 0 Å². The van der Waals surface area contributed by atoms with Crippen LogP contribution in [0.5, 0.6) is 0 Å². The van der Waals surface area contributed by atoms with E-state index in [0.717, 1.165) is 44.0 Å². The average Bonchev–Trinajstić information content (AvgIpc) is 3.30. The normalized spacial score (nSPS) is 16.5. The van der Waals surface area contributed by atoms with Gasteiger partial charge in [-0.2, -0.15) is 5.10 Å². The number of aliphatic imine (C=N–C) groups is 1. The molecule has 1 saturated heterocycles. The van der Waals surface area contributed by atoms with Crippen molar-refractivity contribution in [2.24, 2.45) is 12.0 Å². The molecule has 0 aromatic carbocycles. The third-order valence-electron chi connectivity index (χ3n) is 5.34. The Morgan fingerprint density at radius 1 is 1.30 bits per heavy atom. The summed E-state index contributed by atoms with van der Waals surface area (Å²) in [5, 5.41) is 11.5. The average molecular weight is 529 g/mol. The van der Waals surface area contributed by atoms with Crippen molar-refractivity contribution in [1.29, 1.82) is 0 Å². The molecule has 1 aliphatic rings. The maximum atomic E-state index is 14.0. The van der Waals surface area contributed by atoms with E-state index < -0.39 is 0 Å². The molecule has 0 saturated carbocycles. The molecule has 0 aliphatic carbocycles. The number of aryl methyl sites for hydroxylation is 2. The van der Waals surface area contributed by atoms with Gasteiger partial charge in [-0.15, -0.1) is 24.0 Å². The number of anilines is 1. The minimum Gasteiger partial charge on any atom is -0.357 e. The standard InChI is InChI=1S/C21H32FN7.HI/c1-5-18-16(19(6-2)28(4)27-18)13-25-21(23-7-3)26-15-10-12-29(14-15)20-17(22)9-8-11-24-20;/h8-9,11,15H,5-7,10,12-14H2,1-4H3,(H2,23,25,26);1H. The van der Waals surface area contributed by atoms with Crippen LogP contribution >= 0.6 is 24.0 Å². The van der Waals surface area contributed by atoms with Crippen LogP contribution in [0.1, 0.15) is 44.1 Å². The van der Waals surface area contributed by atoms with Crippen molar-refractivity contribution < 1.29 is 4.39 Å². The van der Waals surface area contributed by atoms with E-state index >= 15 is 0 Å². The molecule has 0 amide bonds. The topological polar surface area (TPSA) is 70.4 Å². The van der Waals surface area contributed by atoms with Gasteiger partial charge in [0.05, 0.1) is 12.2 Å². The number of nitrogens with zero attached hydrogens (tertiary/aromatic N) is 5. The van der Waals surface area contributed by atoms with Crippen molar-refractivity contribution in [2.45, 2.75) is 52.6 Å². The minimum atomic E-state index is -0.274. The van der Waals surface area contributed by atoms with Gasteiger partial charge in [0.2, 0.25) is 0 Å². The Morgan fingerprint density at radius 3 is 2.77 bits per heavy atom. The first kappa shape index (κ1) is 24.4. The van der Waals surface area contributed by atoms with Crippen LogP contribution in [0.2, 0.25) is 0 Å². The Hall–Kier alpha value is -1.91. The first-order valence-electron chi connectivity index (χ1n) is 10.5. The van der Waals surface area contributed by atoms with E-state index in [1.165, 1.54) is 17.3 Å². The van der Waals surface area contributed by atoms with E-state index in [2.05, 4.69) is 41.5 Å². The van der Waals surface area contributed by atoms with Gasteiger partial charge < -0.3 is 15.5 Å². The molecule has 1 atom stereocenters. The second-order valence-electron chi connectivity index (χ2n) is 7.28. The Balaban J connectivity index is 0.00000320. The van der Waals surface area contributed by atoms with Gasteiger partial charge in [-0.25, -0.2) is 14.4 Å². The number of nitrogens with one attached hydrogen (secondary N) is 2. The van der Waals surface area contributed by atoms with Gasteiger partial charge >= 0.3 is 0 Å². The van der Waals surface area contributed by atoms with Gasteiger partial charge in [-0.05, 0) is 38.3 Å². The maximum absolute atomic E-state index is 14.0. The number of halogens is 2. The number of hydrogen-bond donors (Lipinski definition) is 2. The molecule has 166 valence electrons. The molecule has 30 heavy (non-hydrogen) atoms. The van der Waals surface area contributed by atoms with Crippen LogP contribution in [-0.2, 0) is 26.4 Å². The summed E-state index contributed by atoms with van der Waals surface area (Å²) in [5.74, 6) is 0.938. The molecule has 7 nitrogen and oxygen atoms in total. The summed E-state index contributed by atoms with van der Waals surface area (Å²) < 4.78 is 16.0. The number of pyridine rings is 1. The number of guanidine groups is 1. The summed E-state index contributed by atoms with van der Waals surface area (Å²) in [6.45, 7) is 9.19. The van der Waals surface area contributed by atoms with Crippen molar-refractivity contribution >= 4 is 35.8 Å². The zero-order valence-corrected chi connectivity index (χ0v) is 20.6. The molecular formula is C21H33FIN7. The molecule has 9 heteroatoms. The van der Waals surface area contributed by atoms with E-state index in [-0.39, 0.29) is 35.8 Å². The summed E-state index contributed by atoms with van der Waals surface area (Å²) in [4.78, 5) is 11.0. The fraction of sp³-hybridized carbons (Fsp3) is 0.571. The smallest absolute Gasteiger partial charge is 0.191 e. The molecule has 0 radical (unpaired) electrons. The molecule has 2 aromatic heterocycles. The van der Waals surface area contributed by atoms with Crippen molar-refractivity contribution in [1.82, 2.24) is 25.4 Å². The summed E-state index contributed by atoms with van der Waals surface area (Å²) >= 11 is 0. The van der Waals surface area contributed by atoms with Crippen LogP contribution in [0.4, 0.5) is 10.2 Å². The second-order valence-corrected chi connectivity index (χ2v) is 7.28. The number of hydrogen-bond acceptors (Lipinski definition) is 4. The molecule has 2 aromatic rings. The summed E-state index contributed by atoms with van der Waals surface area (Å²) in [5.41, 5.74) is 3.57. The predicted molar refractivity (Wildman–Crippen MR) is 130 cm³/mol. The molecule has 3 rings (SSSR count). The third kappa shape index (κ3) is 5.61. The summed E-state index contributed by atoms with van der Waals surface area (Å²) in [6.07, 6.45) is 4.38. The van der Waals surface area contributed by atoms with Crippen LogP contribution in [0, 0.1) is 5.82 Å². The lowest BCUT2D eigenvalue weighted by Gasteiger charge is -2.20. The lowest BCUT2D eigenvalue weighted by atomic mass is 10.1. The first-order valence-corrected chi connectivity index (χ1v) is 10.5. The highest BCUT2D eigenvalue weighted by molar-refractivity contribution is 14.0. The van der Waals surface area contributed by atoms with Crippen LogP contribution < -0.4 is 15.5 Å². The minimum absolute atomic E-state index is 0. The van der Waals surface area contributed by atoms with Gasteiger partial charge in [-0.3, -0.25) is 4.68 Å². The molecule has 1 aliphatic heterocycles. The highest BCUT2D eigenvalue weighted by Crippen LogP contribution is 2.21. The van der Waals surface area contributed by atoms with E-state index in [9.17, 15) is 4.39 Å². The molecule has 1 fully saturated rings. The van der Waals surface area contributed by atoms with Gasteiger partial charge in [0.25, 0.3) is 0 Å². The van der Waals surface area contributed by atoms with E-state index in [1.54, 1.807) is 12.3 Å². The van der Waals surface area contributed by atoms with Gasteiger partial charge in [0.15, 0.2) is 17.6 Å². The fourth-order valence-electron chi connectivity index (χ4n) is 3.92. The first-order chi connectivity index (χ1) is 14.1. The molecule has 1 unspecified atom stereocenters. The van der Waals surface area contributed by atoms with E-state index in [1.807, 2.05) is 16.6 Å². The molecule has 0 spiro atoms. The zero-order chi connectivity index (χ0) is 20.8. The largest absolute Gasteiger partial charge is 0.357 e. The lowest BCUT2D eigenvalue weighted by molar-refractivity contribution is 0.612. The van der Waals surface area contributed by atoms with Crippen LogP contribution in [0.3, 0.4) is 0 Å². The van der Waals surface area contributed by atoms with Crippen LogP contribution in [0.25, 0.3) is 0 Å². The predicted octanol–water partition coefficient (Wildman–Crippen LogP) is 3.03. The Labute approximate surface area is 195 Å². The van der Waals surface area contributed by atoms with Crippen molar-refractivity contribution in [3.05, 3.63) is 41.1 Å². The molecular weight excluding hydrogens is 496 g/mol. The number of aromatic nitrogens is 3. The zero-order valence-electron chi connectivity index (χ0n) is 18.3. The SMILES string of the molecule is CCNC(=NCc1c(CC)nn(C)c1CC)NC1CCN(c2ncccc2F)C1.I. The van der Waals surface area contributed by atoms with Crippen LogP contribution in [-0.4, -0.2) is 46.4 Å². The van der Waals surface area contributed by atoms with Gasteiger partial charge in [-0.1, -0.05) is 13.8 Å². The van der Waals surface area contributed by atoms with E-state index in [0.29, 0.717) is 18.9 Å². The van der Waals surface area contributed by atoms with Crippen molar-refractivity contribution in [3.63, 3.8) is 0 Å². The summed E-state index contributed by atoms with van der Waals surface area (Å²) in [7, 11) is 2.00. The highest BCUT2D eigenvalue weighted by atomic mass is 127. The van der Waals surface area contributed by atoms with Crippen LogP contribution in [0.15, 0.2) is 23.3 Å². The maximum Gasteiger partial charge on any atom is 0.191 e. The Bertz CT molecular complexity index is 852. The van der Waals surface area contributed by atoms with E-state index in [4.69, 9.17) is 4.99 Å². The van der Waals surface area contributed by atoms with Crippen molar-refractivity contribution in [3.8, 4) is 0 Å². The highest BCUT2D eigenvalue weighted by Gasteiger charge is 2.26. The molecule has 0 bridgehead atoms. The third-order valence-corrected chi connectivity index (χ3v) is 5.34. The lowest BCUT2D eigenvalue weighted by Crippen LogP contribution is -2.44. The number of rotatable bonds is 7.